The van der Waals surface area contributed by atoms with E-state index >= 15 is 0 Å². The summed E-state index contributed by atoms with van der Waals surface area (Å²) in [6.07, 6.45) is 9.00. The molecule has 0 heteroatoms. The Hall–Kier alpha value is -1.56. The molecule has 0 nitrogen and oxygen atoms in total. The number of rotatable bonds is 4. The summed E-state index contributed by atoms with van der Waals surface area (Å²) >= 11 is 0. The molecule has 16 heavy (non-hydrogen) atoms. The zero-order valence-corrected chi connectivity index (χ0v) is 10.4. The molecule has 0 N–H and O–H groups in total. The summed E-state index contributed by atoms with van der Waals surface area (Å²) in [5, 5.41) is 0. The molecule has 1 rings (SSSR count). The van der Waals surface area contributed by atoms with Gasteiger partial charge in [-0.1, -0.05) is 87.5 Å². The standard InChI is InChI=1S/C6H6.C6H12.C4H6/c1-2-4-6-5-3-1;1-3-5-6-4-2;1-3-4-2/h1-6H;3H,1,4-6H2,2H3;3-4H,1-2H2. The van der Waals surface area contributed by atoms with Crippen LogP contribution in [0.1, 0.15) is 26.2 Å². The van der Waals surface area contributed by atoms with Gasteiger partial charge in [-0.15, -0.1) is 6.58 Å². The highest BCUT2D eigenvalue weighted by atomic mass is 13.8. The summed E-state index contributed by atoms with van der Waals surface area (Å²) in [5.41, 5.74) is 0. The van der Waals surface area contributed by atoms with Crippen molar-refractivity contribution in [1.82, 2.24) is 0 Å². The largest absolute Gasteiger partial charge is 0.103 e. The molecule has 0 heterocycles. The fourth-order valence-electron chi connectivity index (χ4n) is 0.733. The van der Waals surface area contributed by atoms with Crippen molar-refractivity contribution in [2.75, 3.05) is 0 Å². The first-order valence-electron chi connectivity index (χ1n) is 5.67. The lowest BCUT2D eigenvalue weighted by atomic mass is 10.3. The number of benzene rings is 1. The van der Waals surface area contributed by atoms with Crippen LogP contribution in [0.15, 0.2) is 74.4 Å². The third-order valence-electron chi connectivity index (χ3n) is 1.60. The first kappa shape index (κ1) is 16.9. The van der Waals surface area contributed by atoms with Gasteiger partial charge in [0.15, 0.2) is 0 Å². The molecule has 0 aliphatic heterocycles. The smallest absolute Gasteiger partial charge is 0.0354 e. The van der Waals surface area contributed by atoms with Crippen molar-refractivity contribution in [3.8, 4) is 0 Å². The molecule has 0 fully saturated rings. The maximum atomic E-state index is 3.60. The zero-order valence-electron chi connectivity index (χ0n) is 10.4. The van der Waals surface area contributed by atoms with Crippen molar-refractivity contribution in [3.05, 3.63) is 74.4 Å². The summed E-state index contributed by atoms with van der Waals surface area (Å²) in [7, 11) is 0. The van der Waals surface area contributed by atoms with Crippen LogP contribution in [-0.2, 0) is 0 Å². The van der Waals surface area contributed by atoms with Crippen LogP contribution in [0.3, 0.4) is 0 Å². The Kier molecular flexibility index (Phi) is 20.1. The zero-order chi connectivity index (χ0) is 12.5. The van der Waals surface area contributed by atoms with Gasteiger partial charge >= 0.3 is 0 Å². The van der Waals surface area contributed by atoms with Gasteiger partial charge in [0.05, 0.1) is 0 Å². The van der Waals surface area contributed by atoms with E-state index in [2.05, 4.69) is 26.7 Å². The molecule has 0 amide bonds. The normalized spacial score (nSPS) is 7.31. The van der Waals surface area contributed by atoms with Gasteiger partial charge in [0.1, 0.15) is 0 Å². The molecular weight excluding hydrogens is 192 g/mol. The van der Waals surface area contributed by atoms with E-state index in [1.54, 1.807) is 12.2 Å². The van der Waals surface area contributed by atoms with E-state index in [9.17, 15) is 0 Å². The minimum Gasteiger partial charge on any atom is -0.103 e. The summed E-state index contributed by atoms with van der Waals surface area (Å²) < 4.78 is 0. The molecule has 88 valence electrons. The first-order valence-corrected chi connectivity index (χ1v) is 5.67. The molecule has 0 aromatic heterocycles. The second-order valence-electron chi connectivity index (χ2n) is 3.06. The highest BCUT2D eigenvalue weighted by Crippen LogP contribution is 1.91. The van der Waals surface area contributed by atoms with Gasteiger partial charge < -0.3 is 0 Å². The van der Waals surface area contributed by atoms with E-state index < -0.39 is 0 Å². The van der Waals surface area contributed by atoms with Crippen LogP contribution in [0.5, 0.6) is 0 Å². The number of allylic oxidation sites excluding steroid dienone is 3. The second kappa shape index (κ2) is 19.1. The Morgan fingerprint density at radius 3 is 1.31 bits per heavy atom. The lowest BCUT2D eigenvalue weighted by Crippen LogP contribution is -1.61. The molecule has 0 atom stereocenters. The van der Waals surface area contributed by atoms with Crippen molar-refractivity contribution in [2.45, 2.75) is 26.2 Å². The van der Waals surface area contributed by atoms with E-state index in [-0.39, 0.29) is 0 Å². The quantitative estimate of drug-likeness (QED) is 0.359. The van der Waals surface area contributed by atoms with Gasteiger partial charge in [0.2, 0.25) is 0 Å². The monoisotopic (exact) mass is 216 g/mol. The van der Waals surface area contributed by atoms with Crippen molar-refractivity contribution < 1.29 is 0 Å². The Morgan fingerprint density at radius 1 is 0.812 bits per heavy atom. The lowest BCUT2D eigenvalue weighted by Gasteiger charge is -1.81. The van der Waals surface area contributed by atoms with Gasteiger partial charge in [-0.3, -0.25) is 0 Å². The molecule has 0 saturated carbocycles. The predicted molar refractivity (Wildman–Crippen MR) is 76.6 cm³/mol. The number of hydrogen-bond acceptors (Lipinski definition) is 0. The van der Waals surface area contributed by atoms with Crippen LogP contribution in [0.2, 0.25) is 0 Å². The van der Waals surface area contributed by atoms with E-state index in [1.807, 2.05) is 42.5 Å². The van der Waals surface area contributed by atoms with Crippen LogP contribution in [0.25, 0.3) is 0 Å². The summed E-state index contributed by atoms with van der Waals surface area (Å²) in [5.74, 6) is 0. The van der Waals surface area contributed by atoms with Gasteiger partial charge in [0, 0.05) is 0 Å². The van der Waals surface area contributed by atoms with Crippen molar-refractivity contribution in [1.29, 1.82) is 0 Å². The van der Waals surface area contributed by atoms with Gasteiger partial charge in [-0.25, -0.2) is 0 Å². The topological polar surface area (TPSA) is 0 Å². The third kappa shape index (κ3) is 22.9. The van der Waals surface area contributed by atoms with Crippen LogP contribution in [0.4, 0.5) is 0 Å². The van der Waals surface area contributed by atoms with E-state index in [4.69, 9.17) is 0 Å². The summed E-state index contributed by atoms with van der Waals surface area (Å²) in [6.45, 7) is 12.5. The SMILES string of the molecule is C=CC=C.C=CCCCC.c1ccccc1. The van der Waals surface area contributed by atoms with Gasteiger partial charge in [0.25, 0.3) is 0 Å². The minimum absolute atomic E-state index is 1.18. The highest BCUT2D eigenvalue weighted by Gasteiger charge is 1.71. The minimum atomic E-state index is 1.18. The van der Waals surface area contributed by atoms with Crippen LogP contribution in [0, 0.1) is 0 Å². The van der Waals surface area contributed by atoms with E-state index in [1.165, 1.54) is 19.3 Å². The van der Waals surface area contributed by atoms with Crippen LogP contribution < -0.4 is 0 Å². The lowest BCUT2D eigenvalue weighted by molar-refractivity contribution is 0.816. The Labute approximate surface area is 101 Å². The molecule has 0 saturated heterocycles. The molecule has 0 aliphatic rings. The third-order valence-corrected chi connectivity index (χ3v) is 1.60. The molecule has 0 radical (unpaired) electrons. The van der Waals surface area contributed by atoms with E-state index in [0.717, 1.165) is 0 Å². The molecule has 0 bridgehead atoms. The Balaban J connectivity index is 0. The fraction of sp³-hybridized carbons (Fsp3) is 0.250. The van der Waals surface area contributed by atoms with Crippen LogP contribution >= 0.6 is 0 Å². The van der Waals surface area contributed by atoms with Crippen molar-refractivity contribution in [3.63, 3.8) is 0 Å². The predicted octanol–water partition coefficient (Wildman–Crippen LogP) is 5.41. The first-order chi connectivity index (χ1) is 7.83. The summed E-state index contributed by atoms with van der Waals surface area (Å²) in [4.78, 5) is 0. The molecule has 0 unspecified atom stereocenters. The highest BCUT2D eigenvalue weighted by molar-refractivity contribution is 4.99. The van der Waals surface area contributed by atoms with Crippen molar-refractivity contribution in [2.24, 2.45) is 0 Å². The Bertz CT molecular complexity index is 201. The second-order valence-corrected chi connectivity index (χ2v) is 3.06. The molecule has 1 aromatic carbocycles. The van der Waals surface area contributed by atoms with Gasteiger partial charge in [-0.2, -0.15) is 0 Å². The van der Waals surface area contributed by atoms with E-state index in [0.29, 0.717) is 0 Å². The fourth-order valence-corrected chi connectivity index (χ4v) is 0.733. The maximum absolute atomic E-state index is 3.60. The molecular formula is C16H24. The number of unbranched alkanes of at least 4 members (excludes halogenated alkanes) is 2. The molecule has 1 aromatic rings. The molecule has 0 spiro atoms. The van der Waals surface area contributed by atoms with Gasteiger partial charge in [-0.05, 0) is 6.42 Å². The Morgan fingerprint density at radius 2 is 1.19 bits per heavy atom. The molecule has 0 aliphatic carbocycles. The number of hydrogen-bond donors (Lipinski definition) is 0. The summed E-state index contributed by atoms with van der Waals surface area (Å²) in [6, 6.07) is 12.0. The average Bonchev–Trinajstić information content (AvgIpc) is 2.39. The van der Waals surface area contributed by atoms with Crippen LogP contribution in [-0.4, -0.2) is 0 Å². The average molecular weight is 216 g/mol. The maximum Gasteiger partial charge on any atom is -0.0354 e. The van der Waals surface area contributed by atoms with Crippen molar-refractivity contribution >= 4 is 0 Å².